The van der Waals surface area contributed by atoms with Crippen molar-refractivity contribution in [1.29, 1.82) is 0 Å². The number of hydrogen-bond donors (Lipinski definition) is 1. The summed E-state index contributed by atoms with van der Waals surface area (Å²) in [4.78, 5) is 16.9. The molecule has 4 nitrogen and oxygen atoms in total. The molecule has 1 heterocycles. The number of likely N-dealkylation sites (N-methyl/N-ethyl adjacent to an activating group) is 1. The van der Waals surface area contributed by atoms with Gasteiger partial charge in [0.2, 0.25) is 5.91 Å². The highest BCUT2D eigenvalue weighted by Gasteiger charge is 2.15. The number of amides is 1. The maximum absolute atomic E-state index is 13.8. The summed E-state index contributed by atoms with van der Waals surface area (Å²) >= 11 is 5.97. The van der Waals surface area contributed by atoms with Crippen molar-refractivity contribution >= 4 is 35.0 Å². The second kappa shape index (κ2) is 8.55. The molecular formula is C21H23ClFN3O. The van der Waals surface area contributed by atoms with Crippen LogP contribution in [0.1, 0.15) is 11.1 Å². The van der Waals surface area contributed by atoms with Gasteiger partial charge in [-0.3, -0.25) is 4.79 Å². The number of rotatable bonds is 4. The Morgan fingerprint density at radius 3 is 2.59 bits per heavy atom. The smallest absolute Gasteiger partial charge is 0.248 e. The standard InChI is InChI=1S/C21H23ClFN3O/c1-15-14-16(26-12-10-25(2)11-13-26)6-8-20(15)24-21(27)9-7-17-18(22)4-3-5-19(17)23/h3-9,14H,10-13H2,1-2H3,(H,24,27)/b9-7+. The normalized spacial score (nSPS) is 15.3. The number of anilines is 2. The lowest BCUT2D eigenvalue weighted by atomic mass is 10.1. The minimum absolute atomic E-state index is 0.205. The molecule has 0 saturated carbocycles. The molecular weight excluding hydrogens is 365 g/mol. The van der Waals surface area contributed by atoms with Gasteiger partial charge in [-0.1, -0.05) is 17.7 Å². The number of aryl methyl sites for hydroxylation is 1. The fourth-order valence-electron chi connectivity index (χ4n) is 3.05. The van der Waals surface area contributed by atoms with E-state index in [0.717, 1.165) is 43.1 Å². The van der Waals surface area contributed by atoms with Crippen molar-refractivity contribution < 1.29 is 9.18 Å². The van der Waals surface area contributed by atoms with Crippen LogP contribution < -0.4 is 10.2 Å². The van der Waals surface area contributed by atoms with E-state index in [9.17, 15) is 9.18 Å². The van der Waals surface area contributed by atoms with Crippen molar-refractivity contribution in [3.8, 4) is 0 Å². The lowest BCUT2D eigenvalue weighted by Gasteiger charge is -2.34. The molecule has 1 N–H and O–H groups in total. The molecule has 0 radical (unpaired) electrons. The molecule has 27 heavy (non-hydrogen) atoms. The van der Waals surface area contributed by atoms with Gasteiger partial charge in [-0.15, -0.1) is 0 Å². The molecule has 0 spiro atoms. The van der Waals surface area contributed by atoms with Crippen molar-refractivity contribution in [1.82, 2.24) is 4.90 Å². The Kier molecular flexibility index (Phi) is 6.14. The maximum Gasteiger partial charge on any atom is 0.248 e. The van der Waals surface area contributed by atoms with Gasteiger partial charge in [0.25, 0.3) is 0 Å². The van der Waals surface area contributed by atoms with Crippen LogP contribution in [0, 0.1) is 12.7 Å². The van der Waals surface area contributed by atoms with E-state index in [1.165, 1.54) is 24.3 Å². The van der Waals surface area contributed by atoms with E-state index in [0.29, 0.717) is 0 Å². The molecule has 0 aromatic heterocycles. The minimum atomic E-state index is -0.459. The first-order chi connectivity index (χ1) is 12.9. The molecule has 2 aromatic rings. The molecule has 0 unspecified atom stereocenters. The third kappa shape index (κ3) is 4.87. The highest BCUT2D eigenvalue weighted by molar-refractivity contribution is 6.32. The first-order valence-corrected chi connectivity index (χ1v) is 9.29. The first-order valence-electron chi connectivity index (χ1n) is 8.91. The maximum atomic E-state index is 13.8. The summed E-state index contributed by atoms with van der Waals surface area (Å²) in [5, 5.41) is 3.11. The average molecular weight is 388 g/mol. The molecule has 2 aromatic carbocycles. The number of halogens is 2. The molecule has 1 amide bonds. The number of carbonyl (C=O) groups excluding carboxylic acids is 1. The van der Waals surface area contributed by atoms with E-state index in [1.54, 1.807) is 6.07 Å². The van der Waals surface area contributed by atoms with Crippen LogP contribution in [0.15, 0.2) is 42.5 Å². The van der Waals surface area contributed by atoms with Gasteiger partial charge in [-0.2, -0.15) is 0 Å². The zero-order valence-electron chi connectivity index (χ0n) is 15.5. The number of carbonyl (C=O) groups is 1. The van der Waals surface area contributed by atoms with Crippen molar-refractivity contribution in [3.63, 3.8) is 0 Å². The number of hydrogen-bond acceptors (Lipinski definition) is 3. The van der Waals surface area contributed by atoms with E-state index in [1.807, 2.05) is 19.1 Å². The predicted molar refractivity (Wildman–Crippen MR) is 110 cm³/mol. The summed E-state index contributed by atoms with van der Waals surface area (Å²) in [5.41, 5.74) is 3.09. The van der Waals surface area contributed by atoms with Crippen LogP contribution in [0.5, 0.6) is 0 Å². The fraction of sp³-hybridized carbons (Fsp3) is 0.286. The second-order valence-electron chi connectivity index (χ2n) is 6.75. The second-order valence-corrected chi connectivity index (χ2v) is 7.15. The van der Waals surface area contributed by atoms with Crippen LogP contribution in [0.3, 0.4) is 0 Å². The Labute approximate surface area is 164 Å². The molecule has 0 aliphatic carbocycles. The molecule has 0 atom stereocenters. The Morgan fingerprint density at radius 1 is 1.19 bits per heavy atom. The van der Waals surface area contributed by atoms with Gasteiger partial charge in [0.05, 0.1) is 5.02 Å². The number of benzene rings is 2. The number of nitrogens with zero attached hydrogens (tertiary/aromatic N) is 2. The zero-order valence-corrected chi connectivity index (χ0v) is 16.3. The van der Waals surface area contributed by atoms with Gasteiger partial charge in [-0.25, -0.2) is 4.39 Å². The zero-order chi connectivity index (χ0) is 19.4. The molecule has 1 fully saturated rings. The van der Waals surface area contributed by atoms with Crippen LogP contribution in [0.25, 0.3) is 6.08 Å². The minimum Gasteiger partial charge on any atom is -0.369 e. The highest BCUT2D eigenvalue weighted by atomic mass is 35.5. The summed E-state index contributed by atoms with van der Waals surface area (Å²) < 4.78 is 13.8. The largest absolute Gasteiger partial charge is 0.369 e. The molecule has 0 bridgehead atoms. The average Bonchev–Trinajstić information content (AvgIpc) is 2.63. The summed E-state index contributed by atoms with van der Waals surface area (Å²) in [5.74, 6) is -0.788. The topological polar surface area (TPSA) is 35.6 Å². The van der Waals surface area contributed by atoms with Crippen LogP contribution in [0.2, 0.25) is 5.02 Å². The summed E-state index contributed by atoms with van der Waals surface area (Å²) in [6.07, 6.45) is 2.68. The Bertz CT molecular complexity index is 840. The van der Waals surface area contributed by atoms with Crippen LogP contribution in [-0.2, 0) is 4.79 Å². The lowest BCUT2D eigenvalue weighted by molar-refractivity contribution is -0.111. The Balaban J connectivity index is 1.67. The third-order valence-electron chi connectivity index (χ3n) is 4.74. The van der Waals surface area contributed by atoms with Gasteiger partial charge in [-0.05, 0) is 55.9 Å². The van der Waals surface area contributed by atoms with E-state index in [-0.39, 0.29) is 16.5 Å². The Hall–Kier alpha value is -2.37. The van der Waals surface area contributed by atoms with Gasteiger partial charge in [0.1, 0.15) is 5.82 Å². The molecule has 1 saturated heterocycles. The molecule has 1 aliphatic rings. The lowest BCUT2D eigenvalue weighted by Crippen LogP contribution is -2.44. The molecule has 3 rings (SSSR count). The van der Waals surface area contributed by atoms with Crippen molar-refractivity contribution in [2.75, 3.05) is 43.4 Å². The van der Waals surface area contributed by atoms with E-state index in [4.69, 9.17) is 11.6 Å². The monoisotopic (exact) mass is 387 g/mol. The fourth-order valence-corrected chi connectivity index (χ4v) is 3.28. The number of nitrogens with one attached hydrogen (secondary N) is 1. The molecule has 6 heteroatoms. The van der Waals surface area contributed by atoms with Crippen molar-refractivity contribution in [3.05, 3.63) is 64.4 Å². The van der Waals surface area contributed by atoms with Crippen LogP contribution in [0.4, 0.5) is 15.8 Å². The van der Waals surface area contributed by atoms with Gasteiger partial charge in [0, 0.05) is 49.2 Å². The summed E-state index contributed by atoms with van der Waals surface area (Å²) in [6, 6.07) is 10.4. The quantitative estimate of drug-likeness (QED) is 0.799. The molecule has 1 aliphatic heterocycles. The summed E-state index contributed by atoms with van der Waals surface area (Å²) in [7, 11) is 2.13. The van der Waals surface area contributed by atoms with E-state index < -0.39 is 5.82 Å². The van der Waals surface area contributed by atoms with E-state index in [2.05, 4.69) is 28.2 Å². The van der Waals surface area contributed by atoms with Crippen LogP contribution >= 0.6 is 11.6 Å². The third-order valence-corrected chi connectivity index (χ3v) is 5.07. The highest BCUT2D eigenvalue weighted by Crippen LogP contribution is 2.24. The van der Waals surface area contributed by atoms with Crippen molar-refractivity contribution in [2.45, 2.75) is 6.92 Å². The van der Waals surface area contributed by atoms with Crippen LogP contribution in [-0.4, -0.2) is 44.0 Å². The van der Waals surface area contributed by atoms with Gasteiger partial charge >= 0.3 is 0 Å². The first kappa shape index (κ1) is 19.4. The Morgan fingerprint density at radius 2 is 1.93 bits per heavy atom. The SMILES string of the molecule is Cc1cc(N2CCN(C)CC2)ccc1NC(=O)/C=C/c1c(F)cccc1Cl. The number of piperazine rings is 1. The van der Waals surface area contributed by atoms with Gasteiger partial charge < -0.3 is 15.1 Å². The van der Waals surface area contributed by atoms with E-state index >= 15 is 0 Å². The summed E-state index contributed by atoms with van der Waals surface area (Å²) in [6.45, 7) is 6.04. The van der Waals surface area contributed by atoms with Gasteiger partial charge in [0.15, 0.2) is 0 Å². The van der Waals surface area contributed by atoms with Crippen molar-refractivity contribution in [2.24, 2.45) is 0 Å². The predicted octanol–water partition coefficient (Wildman–Crippen LogP) is 4.19. The molecule has 142 valence electrons.